The van der Waals surface area contributed by atoms with E-state index in [0.29, 0.717) is 37.6 Å². The number of hydrogen-bond acceptors (Lipinski definition) is 5. The molecular weight excluding hydrogens is 452 g/mol. The van der Waals surface area contributed by atoms with Crippen molar-refractivity contribution in [3.05, 3.63) is 77.5 Å². The van der Waals surface area contributed by atoms with Gasteiger partial charge in [0.25, 0.3) is 5.91 Å². The Morgan fingerprint density at radius 3 is 2.53 bits per heavy atom. The fraction of sp³-hybridized carbons (Fsp3) is 0.345. The first-order valence-corrected chi connectivity index (χ1v) is 12.5. The fourth-order valence-electron chi connectivity index (χ4n) is 5.13. The van der Waals surface area contributed by atoms with E-state index in [2.05, 4.69) is 22.5 Å². The fourth-order valence-corrected chi connectivity index (χ4v) is 5.13. The maximum atomic E-state index is 13.7. The Morgan fingerprint density at radius 2 is 1.83 bits per heavy atom. The second-order valence-corrected chi connectivity index (χ2v) is 9.36. The molecule has 0 saturated carbocycles. The summed E-state index contributed by atoms with van der Waals surface area (Å²) in [5.41, 5.74) is 4.79. The number of hydrogen-bond donors (Lipinski definition) is 1. The molecule has 7 nitrogen and oxygen atoms in total. The zero-order valence-electron chi connectivity index (χ0n) is 21.1. The number of benzene rings is 2. The van der Waals surface area contributed by atoms with Crippen molar-refractivity contribution in [1.82, 2.24) is 20.1 Å². The van der Waals surface area contributed by atoms with Crippen LogP contribution in [0.3, 0.4) is 0 Å². The normalized spacial score (nSPS) is 15.1. The molecule has 4 aromatic rings. The monoisotopic (exact) mass is 484 g/mol. The molecule has 0 radical (unpaired) electrons. The van der Waals surface area contributed by atoms with Crippen molar-refractivity contribution in [3.8, 4) is 17.0 Å². The summed E-state index contributed by atoms with van der Waals surface area (Å²) in [7, 11) is 1.86. The molecule has 2 aromatic heterocycles. The van der Waals surface area contributed by atoms with Gasteiger partial charge in [0.15, 0.2) is 5.65 Å². The topological polar surface area (TPSA) is 78.3 Å². The van der Waals surface area contributed by atoms with Gasteiger partial charge in [0.05, 0.1) is 28.9 Å². The number of fused-ring (bicyclic) bond motifs is 1. The summed E-state index contributed by atoms with van der Waals surface area (Å²) in [4.78, 5) is 18.6. The summed E-state index contributed by atoms with van der Waals surface area (Å²) in [5.74, 6) is 0.736. The van der Waals surface area contributed by atoms with Crippen molar-refractivity contribution in [2.45, 2.75) is 32.1 Å². The molecule has 0 unspecified atom stereocenters. The number of nitrogens with one attached hydrogen (secondary N) is 1. The van der Waals surface area contributed by atoms with E-state index in [1.54, 1.807) is 4.68 Å². The molecule has 0 aliphatic carbocycles. The van der Waals surface area contributed by atoms with Crippen LogP contribution in [0.2, 0.25) is 0 Å². The van der Waals surface area contributed by atoms with E-state index in [0.717, 1.165) is 40.9 Å². The predicted octanol–water partition coefficient (Wildman–Crippen LogP) is 4.82. The Hall–Kier alpha value is -3.71. The molecule has 1 aliphatic heterocycles. The Kier molecular flexibility index (Phi) is 6.74. The molecule has 3 heterocycles. The smallest absolute Gasteiger partial charge is 0.252 e. The lowest BCUT2D eigenvalue weighted by Crippen LogP contribution is -2.44. The van der Waals surface area contributed by atoms with Crippen molar-refractivity contribution in [1.29, 1.82) is 0 Å². The minimum absolute atomic E-state index is 0.118. The van der Waals surface area contributed by atoms with Gasteiger partial charge in [-0.05, 0) is 50.5 Å². The van der Waals surface area contributed by atoms with Crippen molar-refractivity contribution in [3.63, 3.8) is 0 Å². The van der Waals surface area contributed by atoms with E-state index in [1.807, 2.05) is 69.4 Å². The minimum atomic E-state index is -0.197. The number of aryl methyl sites for hydroxylation is 2. The maximum absolute atomic E-state index is 13.7. The van der Waals surface area contributed by atoms with Gasteiger partial charge in [-0.15, -0.1) is 0 Å². The van der Waals surface area contributed by atoms with Crippen LogP contribution >= 0.6 is 0 Å². The van der Waals surface area contributed by atoms with E-state index in [9.17, 15) is 4.79 Å². The first-order valence-electron chi connectivity index (χ1n) is 12.5. The molecule has 0 atom stereocenters. The Balaban J connectivity index is 1.48. The van der Waals surface area contributed by atoms with Gasteiger partial charge >= 0.3 is 0 Å². The molecule has 1 aliphatic rings. The lowest BCUT2D eigenvalue weighted by molar-refractivity contribution is 0.0487. The third-order valence-corrected chi connectivity index (χ3v) is 7.10. The zero-order chi connectivity index (χ0) is 25.1. The van der Waals surface area contributed by atoms with E-state index in [4.69, 9.17) is 14.5 Å². The van der Waals surface area contributed by atoms with Crippen LogP contribution in [0.1, 0.15) is 41.4 Å². The summed E-state index contributed by atoms with van der Waals surface area (Å²) >= 11 is 0. The number of carbonyl (C=O) groups excluding carboxylic acids is 1. The van der Waals surface area contributed by atoms with Crippen molar-refractivity contribution < 1.29 is 14.3 Å². The number of nitrogens with zero attached hydrogens (tertiary/aromatic N) is 3. The van der Waals surface area contributed by atoms with E-state index < -0.39 is 0 Å². The van der Waals surface area contributed by atoms with Crippen LogP contribution in [0.15, 0.2) is 60.7 Å². The standard InChI is InChI=1S/C29H32N4O3/c1-4-36-23-12-10-22(11-13-23)29(14-16-35-17-15-29)19-30-28(34)24-18-25(21-8-6-5-7-9-21)31-27-26(24)20(2)32-33(27)3/h5-13,18H,4,14-17,19H2,1-3H3,(H,30,34). The average molecular weight is 485 g/mol. The van der Waals surface area contributed by atoms with E-state index in [1.165, 1.54) is 5.56 Å². The van der Waals surface area contributed by atoms with E-state index >= 15 is 0 Å². The molecule has 7 heteroatoms. The first kappa shape index (κ1) is 24.0. The highest BCUT2D eigenvalue weighted by molar-refractivity contribution is 6.07. The summed E-state index contributed by atoms with van der Waals surface area (Å²) < 4.78 is 13.1. The van der Waals surface area contributed by atoms with E-state index in [-0.39, 0.29) is 11.3 Å². The van der Waals surface area contributed by atoms with Crippen molar-refractivity contribution >= 4 is 16.9 Å². The largest absolute Gasteiger partial charge is 0.494 e. The van der Waals surface area contributed by atoms with Gasteiger partial charge in [-0.1, -0.05) is 42.5 Å². The predicted molar refractivity (Wildman–Crippen MR) is 140 cm³/mol. The number of ether oxygens (including phenoxy) is 2. The molecule has 5 rings (SSSR count). The summed E-state index contributed by atoms with van der Waals surface area (Å²) in [6, 6.07) is 20.1. The Bertz CT molecular complexity index is 1360. The highest BCUT2D eigenvalue weighted by atomic mass is 16.5. The number of pyridine rings is 1. The Labute approximate surface area is 211 Å². The van der Waals surface area contributed by atoms with Crippen molar-refractivity contribution in [2.24, 2.45) is 7.05 Å². The van der Waals surface area contributed by atoms with Crippen LogP contribution < -0.4 is 10.1 Å². The third kappa shape index (κ3) is 4.58. The summed E-state index contributed by atoms with van der Waals surface area (Å²) in [5, 5.41) is 8.60. The third-order valence-electron chi connectivity index (χ3n) is 7.10. The quantitative estimate of drug-likeness (QED) is 0.407. The number of aromatic nitrogens is 3. The second kappa shape index (κ2) is 10.1. The number of carbonyl (C=O) groups is 1. The van der Waals surface area contributed by atoms with Crippen LogP contribution in [0, 0.1) is 6.92 Å². The number of rotatable bonds is 7. The van der Waals surface area contributed by atoms with Gasteiger partial charge in [-0.2, -0.15) is 5.10 Å². The van der Waals surface area contributed by atoms with Gasteiger partial charge < -0.3 is 14.8 Å². The molecule has 1 amide bonds. The number of amides is 1. The van der Waals surface area contributed by atoms with Gasteiger partial charge in [-0.25, -0.2) is 4.98 Å². The summed E-state index contributed by atoms with van der Waals surface area (Å²) in [6.45, 7) is 6.39. The highest BCUT2D eigenvalue weighted by Crippen LogP contribution is 2.35. The van der Waals surface area contributed by atoms with Crippen molar-refractivity contribution in [2.75, 3.05) is 26.4 Å². The molecule has 186 valence electrons. The van der Waals surface area contributed by atoms with Crippen LogP contribution in [0.4, 0.5) is 0 Å². The highest BCUT2D eigenvalue weighted by Gasteiger charge is 2.35. The lowest BCUT2D eigenvalue weighted by atomic mass is 9.74. The Morgan fingerprint density at radius 1 is 1.11 bits per heavy atom. The van der Waals surface area contributed by atoms with Crippen LogP contribution in [-0.2, 0) is 17.2 Å². The molecule has 1 N–H and O–H groups in total. The SMILES string of the molecule is CCOc1ccc(C2(CNC(=O)c3cc(-c4ccccc4)nc4c3c(C)nn4C)CCOCC2)cc1. The molecule has 1 fully saturated rings. The van der Waals surface area contributed by atoms with Gasteiger partial charge in [0.1, 0.15) is 5.75 Å². The van der Waals surface area contributed by atoms with Crippen LogP contribution in [0.5, 0.6) is 5.75 Å². The second-order valence-electron chi connectivity index (χ2n) is 9.36. The zero-order valence-corrected chi connectivity index (χ0v) is 21.1. The molecule has 0 spiro atoms. The first-order chi connectivity index (χ1) is 17.5. The maximum Gasteiger partial charge on any atom is 0.252 e. The van der Waals surface area contributed by atoms with Crippen LogP contribution in [-0.4, -0.2) is 47.0 Å². The lowest BCUT2D eigenvalue weighted by Gasteiger charge is -2.38. The average Bonchev–Trinajstić information content (AvgIpc) is 3.21. The van der Waals surface area contributed by atoms with Gasteiger partial charge in [-0.3, -0.25) is 9.48 Å². The molecule has 1 saturated heterocycles. The minimum Gasteiger partial charge on any atom is -0.494 e. The molecular formula is C29H32N4O3. The van der Waals surface area contributed by atoms with Gasteiger partial charge in [0, 0.05) is 37.8 Å². The molecule has 36 heavy (non-hydrogen) atoms. The molecule has 2 aromatic carbocycles. The summed E-state index contributed by atoms with van der Waals surface area (Å²) in [6.07, 6.45) is 1.68. The van der Waals surface area contributed by atoms with Crippen LogP contribution in [0.25, 0.3) is 22.3 Å². The molecule has 0 bridgehead atoms. The van der Waals surface area contributed by atoms with Gasteiger partial charge in [0.2, 0.25) is 0 Å².